The first-order valence-electron chi connectivity index (χ1n) is 7.30. The second kappa shape index (κ2) is 10.6. The maximum atomic E-state index is 11.4. The number of rotatable bonds is 8. The lowest BCUT2D eigenvalue weighted by Gasteiger charge is -2.21. The van der Waals surface area contributed by atoms with E-state index in [2.05, 4.69) is 34.4 Å². The maximum absolute atomic E-state index is 11.4. The van der Waals surface area contributed by atoms with Crippen LogP contribution in [0.25, 0.3) is 0 Å². The van der Waals surface area contributed by atoms with Crippen LogP contribution in [0.1, 0.15) is 40.5 Å². The van der Waals surface area contributed by atoms with E-state index in [1.165, 1.54) is 6.42 Å². The van der Waals surface area contributed by atoms with Crippen molar-refractivity contribution in [1.82, 2.24) is 15.5 Å². The first kappa shape index (κ1) is 17.7. The molecule has 0 aromatic heterocycles. The minimum absolute atomic E-state index is 0.0319. The van der Waals surface area contributed by atoms with Crippen LogP contribution >= 0.6 is 0 Å². The maximum Gasteiger partial charge on any atom is 0.222 e. The van der Waals surface area contributed by atoms with Gasteiger partial charge in [-0.3, -0.25) is 9.79 Å². The number of nitrogens with one attached hydrogen (secondary N) is 2. The monoisotopic (exact) mass is 270 g/mol. The molecule has 1 amide bonds. The second-order valence-electron chi connectivity index (χ2n) is 4.96. The topological polar surface area (TPSA) is 56.7 Å². The van der Waals surface area contributed by atoms with Gasteiger partial charge >= 0.3 is 0 Å². The van der Waals surface area contributed by atoms with Gasteiger partial charge in [0.15, 0.2) is 5.96 Å². The van der Waals surface area contributed by atoms with Crippen LogP contribution in [0.2, 0.25) is 0 Å². The lowest BCUT2D eigenvalue weighted by molar-refractivity contribution is -0.123. The van der Waals surface area contributed by atoms with Gasteiger partial charge in [0.05, 0.1) is 6.54 Å². The molecule has 112 valence electrons. The Morgan fingerprint density at radius 1 is 1.26 bits per heavy atom. The van der Waals surface area contributed by atoms with E-state index >= 15 is 0 Å². The number of carbonyl (C=O) groups is 1. The Kier molecular flexibility index (Phi) is 9.94. The molecule has 19 heavy (non-hydrogen) atoms. The number of carbonyl (C=O) groups excluding carboxylic acids is 1. The van der Waals surface area contributed by atoms with Crippen LogP contribution in [0.5, 0.6) is 0 Å². The molecule has 0 saturated heterocycles. The number of aliphatic imine (C=N–C) groups is 1. The zero-order valence-corrected chi connectivity index (χ0v) is 13.1. The molecule has 0 aliphatic rings. The third-order valence-electron chi connectivity index (χ3n) is 2.74. The van der Waals surface area contributed by atoms with Crippen molar-refractivity contribution < 1.29 is 4.79 Å². The van der Waals surface area contributed by atoms with Crippen molar-refractivity contribution in [3.8, 4) is 0 Å². The van der Waals surface area contributed by atoms with E-state index in [0.717, 1.165) is 25.5 Å². The van der Waals surface area contributed by atoms with Crippen LogP contribution in [0.4, 0.5) is 0 Å². The van der Waals surface area contributed by atoms with E-state index in [-0.39, 0.29) is 11.8 Å². The second-order valence-corrected chi connectivity index (χ2v) is 4.96. The average Bonchev–Trinajstić information content (AvgIpc) is 2.38. The molecule has 0 bridgehead atoms. The van der Waals surface area contributed by atoms with Gasteiger partial charge in [-0.15, -0.1) is 0 Å². The molecule has 0 atom stereocenters. The Labute approximate surface area is 117 Å². The smallest absolute Gasteiger partial charge is 0.222 e. The van der Waals surface area contributed by atoms with Crippen molar-refractivity contribution in [3.63, 3.8) is 0 Å². The molecule has 0 rings (SSSR count). The predicted molar refractivity (Wildman–Crippen MR) is 81.4 cm³/mol. The molecule has 2 N–H and O–H groups in total. The summed E-state index contributed by atoms with van der Waals surface area (Å²) < 4.78 is 0. The van der Waals surface area contributed by atoms with Crippen LogP contribution in [0, 0.1) is 5.92 Å². The number of hydrogen-bond donors (Lipinski definition) is 2. The van der Waals surface area contributed by atoms with Crippen LogP contribution in [-0.2, 0) is 4.79 Å². The third-order valence-corrected chi connectivity index (χ3v) is 2.74. The van der Waals surface area contributed by atoms with Crippen molar-refractivity contribution in [1.29, 1.82) is 0 Å². The van der Waals surface area contributed by atoms with E-state index in [1.807, 2.05) is 20.9 Å². The number of amides is 1. The summed E-state index contributed by atoms with van der Waals surface area (Å²) in [6.45, 7) is 11.1. The van der Waals surface area contributed by atoms with Crippen LogP contribution < -0.4 is 10.6 Å². The largest absolute Gasteiger partial charge is 0.357 e. The van der Waals surface area contributed by atoms with Crippen molar-refractivity contribution in [2.45, 2.75) is 40.5 Å². The van der Waals surface area contributed by atoms with Crippen LogP contribution in [0.15, 0.2) is 4.99 Å². The number of guanidine groups is 1. The zero-order valence-electron chi connectivity index (χ0n) is 13.1. The third kappa shape index (κ3) is 8.46. The molecular formula is C14H30N4O. The molecule has 0 aromatic carbocycles. The molecule has 0 fully saturated rings. The minimum atomic E-state index is 0.0319. The van der Waals surface area contributed by atoms with E-state index in [0.29, 0.717) is 13.1 Å². The fourth-order valence-electron chi connectivity index (χ4n) is 1.52. The molecule has 0 aliphatic heterocycles. The van der Waals surface area contributed by atoms with Gasteiger partial charge in [0, 0.05) is 32.6 Å². The summed E-state index contributed by atoms with van der Waals surface area (Å²) in [5.74, 6) is 1.03. The molecule has 5 heteroatoms. The standard InChI is InChI=1S/C14H30N4O/c1-6-8-11-18(5)14(15-7-2)17-10-9-16-13(19)12(3)4/h12H,6-11H2,1-5H3,(H,15,17)(H,16,19). The summed E-state index contributed by atoms with van der Waals surface area (Å²) in [6, 6.07) is 0. The number of nitrogens with zero attached hydrogens (tertiary/aromatic N) is 2. The Balaban J connectivity index is 4.15. The summed E-state index contributed by atoms with van der Waals surface area (Å²) in [5.41, 5.74) is 0. The van der Waals surface area contributed by atoms with Gasteiger partial charge in [-0.25, -0.2) is 0 Å². The van der Waals surface area contributed by atoms with Gasteiger partial charge in [-0.2, -0.15) is 0 Å². The summed E-state index contributed by atoms with van der Waals surface area (Å²) in [4.78, 5) is 18.1. The Morgan fingerprint density at radius 3 is 2.47 bits per heavy atom. The van der Waals surface area contributed by atoms with E-state index in [1.54, 1.807) is 0 Å². The Bertz CT molecular complexity index is 277. The van der Waals surface area contributed by atoms with E-state index < -0.39 is 0 Å². The predicted octanol–water partition coefficient (Wildman–Crippen LogP) is 1.46. The zero-order chi connectivity index (χ0) is 14.7. The highest BCUT2D eigenvalue weighted by molar-refractivity contribution is 5.80. The Hall–Kier alpha value is -1.26. The highest BCUT2D eigenvalue weighted by Gasteiger charge is 2.06. The first-order valence-corrected chi connectivity index (χ1v) is 7.30. The molecule has 5 nitrogen and oxygen atoms in total. The fraction of sp³-hybridized carbons (Fsp3) is 0.857. The SMILES string of the molecule is CCCCN(C)C(=NCCNC(=O)C(C)C)NCC. The van der Waals surface area contributed by atoms with Crippen molar-refractivity contribution in [3.05, 3.63) is 0 Å². The summed E-state index contributed by atoms with van der Waals surface area (Å²) in [7, 11) is 2.05. The number of unbranched alkanes of at least 4 members (excludes halogenated alkanes) is 1. The normalized spacial score (nSPS) is 11.6. The van der Waals surface area contributed by atoms with Gasteiger partial charge in [-0.1, -0.05) is 27.2 Å². The molecule has 0 saturated carbocycles. The van der Waals surface area contributed by atoms with Gasteiger partial charge in [0.1, 0.15) is 0 Å². The molecule has 0 aliphatic carbocycles. The van der Waals surface area contributed by atoms with Gasteiger partial charge in [-0.05, 0) is 13.3 Å². The van der Waals surface area contributed by atoms with Gasteiger partial charge in [0.25, 0.3) is 0 Å². The first-order chi connectivity index (χ1) is 9.02. The molecule has 0 heterocycles. The number of hydrogen-bond acceptors (Lipinski definition) is 2. The summed E-state index contributed by atoms with van der Waals surface area (Å²) in [6.07, 6.45) is 2.33. The fourth-order valence-corrected chi connectivity index (χ4v) is 1.52. The van der Waals surface area contributed by atoms with Crippen molar-refractivity contribution >= 4 is 11.9 Å². The van der Waals surface area contributed by atoms with E-state index in [4.69, 9.17) is 0 Å². The van der Waals surface area contributed by atoms with Crippen molar-refractivity contribution in [2.75, 3.05) is 33.2 Å². The van der Waals surface area contributed by atoms with Crippen LogP contribution in [-0.4, -0.2) is 50.0 Å². The average molecular weight is 270 g/mol. The molecule has 0 aromatic rings. The lowest BCUT2D eigenvalue weighted by Crippen LogP contribution is -2.40. The Morgan fingerprint density at radius 2 is 1.95 bits per heavy atom. The van der Waals surface area contributed by atoms with E-state index in [9.17, 15) is 4.79 Å². The van der Waals surface area contributed by atoms with Crippen molar-refractivity contribution in [2.24, 2.45) is 10.9 Å². The minimum Gasteiger partial charge on any atom is -0.357 e. The molecule has 0 unspecified atom stereocenters. The molecule has 0 spiro atoms. The van der Waals surface area contributed by atoms with Gasteiger partial charge in [0.2, 0.25) is 5.91 Å². The highest BCUT2D eigenvalue weighted by atomic mass is 16.1. The molecular weight excluding hydrogens is 240 g/mol. The van der Waals surface area contributed by atoms with Crippen LogP contribution in [0.3, 0.4) is 0 Å². The summed E-state index contributed by atoms with van der Waals surface area (Å²) in [5, 5.41) is 6.13. The molecule has 0 radical (unpaired) electrons. The quantitative estimate of drug-likeness (QED) is 0.399. The highest BCUT2D eigenvalue weighted by Crippen LogP contribution is 1.93. The summed E-state index contributed by atoms with van der Waals surface area (Å²) >= 11 is 0. The van der Waals surface area contributed by atoms with Gasteiger partial charge < -0.3 is 15.5 Å². The lowest BCUT2D eigenvalue weighted by atomic mass is 10.2.